The lowest BCUT2D eigenvalue weighted by molar-refractivity contribution is -0.122. The first-order valence-electron chi connectivity index (χ1n) is 12.2. The molecule has 5 heteroatoms. The van der Waals surface area contributed by atoms with Gasteiger partial charge in [0.15, 0.2) is 0 Å². The SMILES string of the molecule is CCCC(C)C(CC)NC(=O)CCc1ccc(Cl)cc1.CCOCC1CCCN(C)C1. The number of carbonyl (C=O) groups excluding carboxylic acids is 1. The van der Waals surface area contributed by atoms with Gasteiger partial charge in [0.1, 0.15) is 0 Å². The molecule has 2 rings (SSSR count). The second kappa shape index (κ2) is 16.5. The number of hydrogen-bond acceptors (Lipinski definition) is 3. The van der Waals surface area contributed by atoms with Crippen molar-refractivity contribution in [2.24, 2.45) is 11.8 Å². The van der Waals surface area contributed by atoms with Gasteiger partial charge in [0.2, 0.25) is 5.91 Å². The van der Waals surface area contributed by atoms with Crippen molar-refractivity contribution >= 4 is 17.5 Å². The van der Waals surface area contributed by atoms with Gasteiger partial charge in [0, 0.05) is 30.6 Å². The minimum absolute atomic E-state index is 0.148. The number of hydrogen-bond donors (Lipinski definition) is 1. The van der Waals surface area contributed by atoms with Crippen LogP contribution in [-0.2, 0) is 16.0 Å². The summed E-state index contributed by atoms with van der Waals surface area (Å²) in [5.74, 6) is 1.48. The van der Waals surface area contributed by atoms with E-state index in [-0.39, 0.29) is 5.91 Å². The fourth-order valence-corrected chi connectivity index (χ4v) is 4.31. The van der Waals surface area contributed by atoms with Crippen molar-refractivity contribution in [1.82, 2.24) is 10.2 Å². The fourth-order valence-electron chi connectivity index (χ4n) is 4.18. The Labute approximate surface area is 196 Å². The van der Waals surface area contributed by atoms with E-state index in [1.165, 1.54) is 25.9 Å². The van der Waals surface area contributed by atoms with Crippen molar-refractivity contribution in [2.45, 2.75) is 78.7 Å². The van der Waals surface area contributed by atoms with E-state index in [1.807, 2.05) is 24.3 Å². The summed E-state index contributed by atoms with van der Waals surface area (Å²) in [6, 6.07) is 7.99. The first-order valence-corrected chi connectivity index (χ1v) is 12.6. The lowest BCUT2D eigenvalue weighted by Crippen LogP contribution is -2.39. The minimum Gasteiger partial charge on any atom is -0.381 e. The van der Waals surface area contributed by atoms with Gasteiger partial charge in [-0.05, 0) is 82.2 Å². The van der Waals surface area contributed by atoms with E-state index in [0.717, 1.165) is 55.4 Å². The summed E-state index contributed by atoms with van der Waals surface area (Å²) in [7, 11) is 2.19. The maximum atomic E-state index is 12.0. The molecule has 1 heterocycles. The van der Waals surface area contributed by atoms with E-state index in [0.29, 0.717) is 18.4 Å². The molecule has 1 aromatic carbocycles. The number of amides is 1. The quantitative estimate of drug-likeness (QED) is 0.449. The third-order valence-corrected chi connectivity index (χ3v) is 6.30. The molecule has 0 aromatic heterocycles. The first kappa shape index (κ1) is 27.9. The number of piperidine rings is 1. The summed E-state index contributed by atoms with van der Waals surface area (Å²) < 4.78 is 5.39. The number of nitrogens with one attached hydrogen (secondary N) is 1. The molecular weight excluding hydrogens is 408 g/mol. The van der Waals surface area contributed by atoms with Crippen LogP contribution in [0.15, 0.2) is 24.3 Å². The fraction of sp³-hybridized carbons (Fsp3) is 0.731. The van der Waals surface area contributed by atoms with E-state index in [2.05, 4.69) is 45.0 Å². The van der Waals surface area contributed by atoms with Crippen LogP contribution < -0.4 is 5.32 Å². The third kappa shape index (κ3) is 12.5. The number of aryl methyl sites for hydroxylation is 1. The van der Waals surface area contributed by atoms with Crippen LogP contribution in [0, 0.1) is 11.8 Å². The average Bonchev–Trinajstić information content (AvgIpc) is 2.76. The highest BCUT2D eigenvalue weighted by Gasteiger charge is 2.17. The van der Waals surface area contributed by atoms with E-state index < -0.39 is 0 Å². The Kier molecular flexibility index (Phi) is 14.9. The van der Waals surface area contributed by atoms with Crippen molar-refractivity contribution in [2.75, 3.05) is 33.4 Å². The van der Waals surface area contributed by atoms with Crippen LogP contribution in [0.2, 0.25) is 5.02 Å². The highest BCUT2D eigenvalue weighted by Crippen LogP contribution is 2.15. The van der Waals surface area contributed by atoms with Crippen LogP contribution >= 0.6 is 11.6 Å². The molecule has 0 radical (unpaired) electrons. The summed E-state index contributed by atoms with van der Waals surface area (Å²) in [4.78, 5) is 14.4. The van der Waals surface area contributed by atoms with Crippen molar-refractivity contribution in [3.8, 4) is 0 Å². The van der Waals surface area contributed by atoms with Gasteiger partial charge in [-0.2, -0.15) is 0 Å². The molecule has 178 valence electrons. The molecule has 3 unspecified atom stereocenters. The second-order valence-corrected chi connectivity index (χ2v) is 9.34. The highest BCUT2D eigenvalue weighted by molar-refractivity contribution is 6.30. The minimum atomic E-state index is 0.148. The standard InChI is InChI=1S/C17H26ClNO.C9H19NO/c1-4-6-13(3)16(5-2)19-17(20)12-9-14-7-10-15(18)11-8-14;1-3-11-8-9-5-4-6-10(2)7-9/h7-8,10-11,13,16H,4-6,9,12H2,1-3H3,(H,19,20);9H,3-8H2,1-2H3. The largest absolute Gasteiger partial charge is 0.381 e. The predicted octanol–water partition coefficient (Wildman–Crippen LogP) is 5.97. The number of rotatable bonds is 11. The third-order valence-electron chi connectivity index (χ3n) is 6.05. The van der Waals surface area contributed by atoms with E-state index >= 15 is 0 Å². The smallest absolute Gasteiger partial charge is 0.220 e. The average molecular weight is 453 g/mol. The Morgan fingerprint density at radius 2 is 1.97 bits per heavy atom. The Balaban J connectivity index is 0.000000367. The van der Waals surface area contributed by atoms with Gasteiger partial charge in [-0.3, -0.25) is 4.79 Å². The zero-order chi connectivity index (χ0) is 23.1. The van der Waals surface area contributed by atoms with Gasteiger partial charge in [-0.1, -0.05) is 50.9 Å². The van der Waals surface area contributed by atoms with Crippen LogP contribution in [0.5, 0.6) is 0 Å². The number of nitrogens with zero attached hydrogens (tertiary/aromatic N) is 1. The Morgan fingerprint density at radius 1 is 1.26 bits per heavy atom. The van der Waals surface area contributed by atoms with E-state index in [4.69, 9.17) is 16.3 Å². The molecule has 0 bridgehead atoms. The Hall–Kier alpha value is -1.10. The molecule has 0 spiro atoms. The van der Waals surface area contributed by atoms with E-state index in [9.17, 15) is 4.79 Å². The number of halogens is 1. The topological polar surface area (TPSA) is 41.6 Å². The van der Waals surface area contributed by atoms with Crippen molar-refractivity contribution in [3.05, 3.63) is 34.9 Å². The number of likely N-dealkylation sites (tertiary alicyclic amines) is 1. The van der Waals surface area contributed by atoms with E-state index in [1.54, 1.807) is 0 Å². The molecule has 1 aromatic rings. The van der Waals surface area contributed by atoms with Crippen LogP contribution in [0.3, 0.4) is 0 Å². The van der Waals surface area contributed by atoms with Gasteiger partial charge in [-0.25, -0.2) is 0 Å². The predicted molar refractivity (Wildman–Crippen MR) is 133 cm³/mol. The van der Waals surface area contributed by atoms with Crippen molar-refractivity contribution in [1.29, 1.82) is 0 Å². The normalized spacial score (nSPS) is 18.6. The van der Waals surface area contributed by atoms with Crippen molar-refractivity contribution in [3.63, 3.8) is 0 Å². The van der Waals surface area contributed by atoms with Gasteiger partial charge >= 0.3 is 0 Å². The Morgan fingerprint density at radius 3 is 2.55 bits per heavy atom. The summed E-state index contributed by atoms with van der Waals surface area (Å²) >= 11 is 5.85. The van der Waals surface area contributed by atoms with Gasteiger partial charge in [0.05, 0.1) is 6.61 Å². The monoisotopic (exact) mass is 452 g/mol. The van der Waals surface area contributed by atoms with Crippen LogP contribution in [0.1, 0.15) is 71.8 Å². The zero-order valence-corrected chi connectivity index (χ0v) is 21.2. The summed E-state index contributed by atoms with van der Waals surface area (Å²) in [6.45, 7) is 12.9. The maximum Gasteiger partial charge on any atom is 0.220 e. The van der Waals surface area contributed by atoms with Crippen LogP contribution in [0.25, 0.3) is 0 Å². The second-order valence-electron chi connectivity index (χ2n) is 8.90. The molecule has 0 aliphatic carbocycles. The molecular formula is C26H45ClN2O2. The lowest BCUT2D eigenvalue weighted by atomic mass is 9.94. The lowest BCUT2D eigenvalue weighted by Gasteiger charge is -2.29. The number of ether oxygens (including phenoxy) is 1. The maximum absolute atomic E-state index is 12.0. The number of benzene rings is 1. The van der Waals surface area contributed by atoms with Crippen molar-refractivity contribution < 1.29 is 9.53 Å². The van der Waals surface area contributed by atoms with Gasteiger partial charge in [0.25, 0.3) is 0 Å². The molecule has 1 fully saturated rings. The molecule has 4 nitrogen and oxygen atoms in total. The highest BCUT2D eigenvalue weighted by atomic mass is 35.5. The molecule has 1 aliphatic rings. The first-order chi connectivity index (χ1) is 14.9. The molecule has 0 saturated carbocycles. The van der Waals surface area contributed by atoms with Gasteiger partial charge in [-0.15, -0.1) is 0 Å². The molecule has 1 amide bonds. The van der Waals surface area contributed by atoms with Crippen LogP contribution in [0.4, 0.5) is 0 Å². The molecule has 1 aliphatic heterocycles. The molecule has 1 saturated heterocycles. The molecule has 1 N–H and O–H groups in total. The number of carbonyl (C=O) groups is 1. The summed E-state index contributed by atoms with van der Waals surface area (Å²) in [5.41, 5.74) is 1.15. The zero-order valence-electron chi connectivity index (χ0n) is 20.5. The Bertz CT molecular complexity index is 594. The molecule has 31 heavy (non-hydrogen) atoms. The summed E-state index contributed by atoms with van der Waals surface area (Å²) in [6.07, 6.45) is 7.32. The molecule has 3 atom stereocenters. The summed E-state index contributed by atoms with van der Waals surface area (Å²) in [5, 5.41) is 3.90. The van der Waals surface area contributed by atoms with Crippen LogP contribution in [-0.4, -0.2) is 50.2 Å². The van der Waals surface area contributed by atoms with Gasteiger partial charge < -0.3 is 15.0 Å².